The lowest BCUT2D eigenvalue weighted by molar-refractivity contribution is 0.187. The Bertz CT molecular complexity index is 1960. The smallest absolute Gasteiger partial charge is 0.162 e. The molecule has 0 fully saturated rings. The van der Waals surface area contributed by atoms with Crippen molar-refractivity contribution in [2.45, 2.75) is 51.0 Å². The quantitative estimate of drug-likeness (QED) is 0.0894. The molecule has 1 unspecified atom stereocenters. The average molecular weight is 804 g/mol. The molecular formula is C53H65N5O2. The van der Waals surface area contributed by atoms with E-state index in [1.165, 1.54) is 50.6 Å². The molecule has 0 saturated carbocycles. The van der Waals surface area contributed by atoms with Crippen LogP contribution in [0.15, 0.2) is 152 Å². The van der Waals surface area contributed by atoms with Crippen LogP contribution in [0.3, 0.4) is 0 Å². The van der Waals surface area contributed by atoms with E-state index in [1.807, 2.05) is 63.6 Å². The summed E-state index contributed by atoms with van der Waals surface area (Å²) in [6.45, 7) is 5.14. The van der Waals surface area contributed by atoms with Crippen LogP contribution in [0.25, 0.3) is 0 Å². The Morgan fingerprint density at radius 2 is 0.817 bits per heavy atom. The molecule has 0 aliphatic carbocycles. The van der Waals surface area contributed by atoms with Gasteiger partial charge in [0.15, 0.2) is 11.5 Å². The summed E-state index contributed by atoms with van der Waals surface area (Å²) < 4.78 is 11.5. The van der Waals surface area contributed by atoms with E-state index in [0.717, 1.165) is 89.2 Å². The second-order valence-corrected chi connectivity index (χ2v) is 15.3. The van der Waals surface area contributed by atoms with Crippen molar-refractivity contribution in [2.75, 3.05) is 70.8 Å². The van der Waals surface area contributed by atoms with E-state index < -0.39 is 0 Å². The molecule has 6 aromatic carbocycles. The number of rotatable bonds is 15. The van der Waals surface area contributed by atoms with Crippen molar-refractivity contribution in [1.82, 2.24) is 16.0 Å². The van der Waals surface area contributed by atoms with E-state index in [2.05, 4.69) is 135 Å². The van der Waals surface area contributed by atoms with Crippen LogP contribution in [0.2, 0.25) is 0 Å². The molecule has 7 heteroatoms. The Hall–Kier alpha value is -5.60. The van der Waals surface area contributed by atoms with Gasteiger partial charge in [0, 0.05) is 42.3 Å². The van der Waals surface area contributed by atoms with Crippen LogP contribution in [0.4, 0.5) is 22.7 Å². The van der Waals surface area contributed by atoms with Crippen LogP contribution in [-0.2, 0) is 25.7 Å². The molecule has 0 aromatic heterocycles. The van der Waals surface area contributed by atoms with Crippen LogP contribution in [0.5, 0.6) is 11.5 Å². The number of benzene rings is 6. The third kappa shape index (κ3) is 12.0. The fraction of sp³-hybridized carbons (Fsp3) is 0.321. The number of para-hydroxylation sites is 6. The van der Waals surface area contributed by atoms with Gasteiger partial charge in [-0.3, -0.25) is 0 Å². The molecular weight excluding hydrogens is 739 g/mol. The number of nitrogens with one attached hydrogen (secondary N) is 3. The summed E-state index contributed by atoms with van der Waals surface area (Å²) in [6.07, 6.45) is 7.76. The molecule has 0 bridgehead atoms. The summed E-state index contributed by atoms with van der Waals surface area (Å²) >= 11 is 0. The maximum absolute atomic E-state index is 6.16. The number of hydrogen-bond donors (Lipinski definition) is 3. The van der Waals surface area contributed by atoms with Gasteiger partial charge in [0.2, 0.25) is 0 Å². The maximum Gasteiger partial charge on any atom is 0.162 e. The fourth-order valence-electron chi connectivity index (χ4n) is 8.16. The predicted octanol–water partition coefficient (Wildman–Crippen LogP) is 10.5. The second kappa shape index (κ2) is 23.9. The zero-order valence-electron chi connectivity index (χ0n) is 36.2. The van der Waals surface area contributed by atoms with Gasteiger partial charge >= 0.3 is 0 Å². The Labute approximate surface area is 359 Å². The molecule has 60 heavy (non-hydrogen) atoms. The molecule has 6 aromatic rings. The van der Waals surface area contributed by atoms with E-state index in [4.69, 9.17) is 9.47 Å². The molecule has 2 aliphatic heterocycles. The molecule has 314 valence electrons. The van der Waals surface area contributed by atoms with Gasteiger partial charge in [0.25, 0.3) is 0 Å². The molecule has 7 nitrogen and oxygen atoms in total. The van der Waals surface area contributed by atoms with Gasteiger partial charge < -0.3 is 35.2 Å². The fourth-order valence-corrected chi connectivity index (χ4v) is 8.16. The third-order valence-electron chi connectivity index (χ3n) is 11.2. The van der Waals surface area contributed by atoms with E-state index in [0.29, 0.717) is 0 Å². The topological polar surface area (TPSA) is 61.0 Å². The number of fused-ring (bicyclic) bond motifs is 4. The lowest BCUT2D eigenvalue weighted by atomic mass is 10.0. The Morgan fingerprint density at radius 3 is 1.22 bits per heavy atom. The molecule has 0 spiro atoms. The number of aryl methyl sites for hydroxylation is 4. The van der Waals surface area contributed by atoms with Crippen LogP contribution >= 0.6 is 0 Å². The molecule has 0 saturated heterocycles. The maximum atomic E-state index is 6.16. The van der Waals surface area contributed by atoms with Crippen molar-refractivity contribution in [3.63, 3.8) is 0 Å². The molecule has 2 aliphatic rings. The summed E-state index contributed by atoms with van der Waals surface area (Å²) in [5.41, 5.74) is 12.6. The lowest BCUT2D eigenvalue weighted by Gasteiger charge is -2.27. The summed E-state index contributed by atoms with van der Waals surface area (Å²) in [5, 5.41) is 9.66. The van der Waals surface area contributed by atoms with Gasteiger partial charge in [0.1, 0.15) is 6.10 Å². The highest BCUT2D eigenvalue weighted by atomic mass is 16.5. The van der Waals surface area contributed by atoms with E-state index in [9.17, 15) is 0 Å². The average Bonchev–Trinajstić information content (AvgIpc) is 3.57. The highest BCUT2D eigenvalue weighted by molar-refractivity contribution is 5.72. The van der Waals surface area contributed by atoms with Crippen molar-refractivity contribution < 1.29 is 9.47 Å². The summed E-state index contributed by atoms with van der Waals surface area (Å²) in [5.74, 6) is 1.54. The Balaban J connectivity index is 0.000000151. The molecule has 0 radical (unpaired) electrons. The number of anilines is 4. The van der Waals surface area contributed by atoms with Crippen molar-refractivity contribution in [2.24, 2.45) is 0 Å². The molecule has 1 atom stereocenters. The minimum absolute atomic E-state index is 0.0138. The van der Waals surface area contributed by atoms with Gasteiger partial charge in [-0.1, -0.05) is 115 Å². The van der Waals surface area contributed by atoms with Crippen molar-refractivity contribution in [3.05, 3.63) is 179 Å². The number of ether oxygens (including phenoxy) is 2. The van der Waals surface area contributed by atoms with Gasteiger partial charge in [-0.15, -0.1) is 0 Å². The van der Waals surface area contributed by atoms with Crippen LogP contribution in [0, 0.1) is 0 Å². The molecule has 2 heterocycles. The normalized spacial score (nSPS) is 13.0. The molecule has 3 N–H and O–H groups in total. The minimum atomic E-state index is 0.0138. The summed E-state index contributed by atoms with van der Waals surface area (Å²) in [6, 6.07) is 53.4. The highest BCUT2D eigenvalue weighted by Crippen LogP contribution is 2.37. The predicted molar refractivity (Wildman–Crippen MR) is 253 cm³/mol. The Kier molecular flexibility index (Phi) is 17.5. The summed E-state index contributed by atoms with van der Waals surface area (Å²) in [7, 11) is 7.65. The zero-order valence-corrected chi connectivity index (χ0v) is 36.2. The van der Waals surface area contributed by atoms with Crippen LogP contribution in [0.1, 0.15) is 53.2 Å². The number of methoxy groups -OCH3 is 1. The van der Waals surface area contributed by atoms with Crippen molar-refractivity contribution >= 4 is 22.7 Å². The van der Waals surface area contributed by atoms with E-state index >= 15 is 0 Å². The molecule has 0 amide bonds. The third-order valence-corrected chi connectivity index (χ3v) is 11.2. The van der Waals surface area contributed by atoms with Gasteiger partial charge in [0.05, 0.1) is 7.11 Å². The van der Waals surface area contributed by atoms with Gasteiger partial charge in [-0.2, -0.15) is 0 Å². The van der Waals surface area contributed by atoms with E-state index in [-0.39, 0.29) is 6.10 Å². The monoisotopic (exact) mass is 804 g/mol. The largest absolute Gasteiger partial charge is 0.493 e. The van der Waals surface area contributed by atoms with Gasteiger partial charge in [-0.05, 0) is 144 Å². The lowest BCUT2D eigenvalue weighted by Crippen LogP contribution is -2.22. The standard InChI is InChI=1S/2C18H22N2.C17H21NO2/c2*1-19-13-6-14-20-17-9-4-2-7-15(17)11-12-16-8-3-5-10-18(16)20;1-18-13-12-15(14-8-4-3-5-9-14)20-17-11-7-6-10-16(17)19-2/h2*2-5,7-10,19H,6,11-14H2,1H3;3-11,15,18H,12-13H2,1-2H3. The number of hydrogen-bond acceptors (Lipinski definition) is 7. The zero-order chi connectivity index (χ0) is 41.8. The number of nitrogens with zero attached hydrogens (tertiary/aromatic N) is 2. The SMILES string of the molecule is CNCCC(Oc1ccccc1OC)c1ccccc1.CNCCCN1c2ccccc2CCc2ccccc21.CNCCCN1c2ccccc2CCc2ccccc21. The van der Waals surface area contributed by atoms with E-state index in [1.54, 1.807) is 7.11 Å². The first kappa shape index (κ1) is 44.0. The summed E-state index contributed by atoms with van der Waals surface area (Å²) in [4.78, 5) is 4.99. The van der Waals surface area contributed by atoms with Gasteiger partial charge in [-0.25, -0.2) is 0 Å². The molecule has 8 rings (SSSR count). The second-order valence-electron chi connectivity index (χ2n) is 15.3. The first-order valence-electron chi connectivity index (χ1n) is 21.8. The van der Waals surface area contributed by atoms with Crippen LogP contribution in [-0.4, -0.2) is 61.0 Å². The first-order valence-corrected chi connectivity index (χ1v) is 21.8. The Morgan fingerprint density at radius 1 is 0.450 bits per heavy atom. The van der Waals surface area contributed by atoms with Crippen molar-refractivity contribution in [3.8, 4) is 11.5 Å². The van der Waals surface area contributed by atoms with Crippen molar-refractivity contribution in [1.29, 1.82) is 0 Å². The first-order chi connectivity index (χ1) is 29.6. The van der Waals surface area contributed by atoms with Crippen LogP contribution < -0.4 is 35.2 Å². The highest BCUT2D eigenvalue weighted by Gasteiger charge is 2.21. The minimum Gasteiger partial charge on any atom is -0.493 e.